The standard InChI is InChI=1S/C10H11N3/c1-13(2)10-4-6-12-9-7-11-5-3-8(9)10/h3-7H,1-2H3. The van der Waals surface area contributed by atoms with Crippen LogP contribution in [0.25, 0.3) is 10.9 Å². The van der Waals surface area contributed by atoms with Gasteiger partial charge in [-0.15, -0.1) is 0 Å². The molecule has 2 rings (SSSR count). The van der Waals surface area contributed by atoms with Crippen molar-refractivity contribution in [2.24, 2.45) is 0 Å². The summed E-state index contributed by atoms with van der Waals surface area (Å²) in [5.74, 6) is 0. The van der Waals surface area contributed by atoms with Crippen molar-refractivity contribution in [1.29, 1.82) is 0 Å². The lowest BCUT2D eigenvalue weighted by Crippen LogP contribution is -2.09. The third-order valence-corrected chi connectivity index (χ3v) is 2.00. The van der Waals surface area contributed by atoms with Crippen molar-refractivity contribution in [2.75, 3.05) is 19.0 Å². The number of aromatic nitrogens is 2. The summed E-state index contributed by atoms with van der Waals surface area (Å²) in [6.07, 6.45) is 5.37. The first-order valence-electron chi connectivity index (χ1n) is 4.15. The molecule has 0 amide bonds. The summed E-state index contributed by atoms with van der Waals surface area (Å²) in [5.41, 5.74) is 2.11. The predicted octanol–water partition coefficient (Wildman–Crippen LogP) is 1.70. The van der Waals surface area contributed by atoms with Crippen LogP contribution in [0.15, 0.2) is 30.7 Å². The van der Waals surface area contributed by atoms with Crippen molar-refractivity contribution >= 4 is 16.6 Å². The number of pyridine rings is 2. The van der Waals surface area contributed by atoms with E-state index in [0.29, 0.717) is 0 Å². The monoisotopic (exact) mass is 173 g/mol. The van der Waals surface area contributed by atoms with E-state index in [0.717, 1.165) is 10.9 Å². The van der Waals surface area contributed by atoms with E-state index in [1.54, 1.807) is 18.6 Å². The maximum Gasteiger partial charge on any atom is 0.0905 e. The zero-order valence-electron chi connectivity index (χ0n) is 7.73. The van der Waals surface area contributed by atoms with Crippen LogP contribution in [-0.4, -0.2) is 24.1 Å². The smallest absolute Gasteiger partial charge is 0.0905 e. The molecule has 0 fully saturated rings. The largest absolute Gasteiger partial charge is 0.377 e. The molecule has 2 aromatic rings. The van der Waals surface area contributed by atoms with Gasteiger partial charge in [-0.1, -0.05) is 0 Å². The van der Waals surface area contributed by atoms with Gasteiger partial charge in [0.15, 0.2) is 0 Å². The Morgan fingerprint density at radius 3 is 2.77 bits per heavy atom. The molecular weight excluding hydrogens is 162 g/mol. The van der Waals surface area contributed by atoms with Crippen molar-refractivity contribution in [3.05, 3.63) is 30.7 Å². The van der Waals surface area contributed by atoms with Crippen LogP contribution in [0.4, 0.5) is 5.69 Å². The van der Waals surface area contributed by atoms with Crippen LogP contribution in [-0.2, 0) is 0 Å². The summed E-state index contributed by atoms with van der Waals surface area (Å²) in [5, 5.41) is 1.14. The van der Waals surface area contributed by atoms with Crippen LogP contribution in [0.2, 0.25) is 0 Å². The summed E-state index contributed by atoms with van der Waals surface area (Å²) >= 11 is 0. The highest BCUT2D eigenvalue weighted by Crippen LogP contribution is 2.21. The van der Waals surface area contributed by atoms with Gasteiger partial charge in [-0.05, 0) is 12.1 Å². The Labute approximate surface area is 77.0 Å². The van der Waals surface area contributed by atoms with Crippen molar-refractivity contribution in [3.63, 3.8) is 0 Å². The Hall–Kier alpha value is -1.64. The highest BCUT2D eigenvalue weighted by molar-refractivity contribution is 5.90. The van der Waals surface area contributed by atoms with Gasteiger partial charge in [0.2, 0.25) is 0 Å². The lowest BCUT2D eigenvalue weighted by Gasteiger charge is -2.14. The summed E-state index contributed by atoms with van der Waals surface area (Å²) in [7, 11) is 4.05. The predicted molar refractivity (Wildman–Crippen MR) is 53.9 cm³/mol. The molecule has 0 N–H and O–H groups in total. The number of anilines is 1. The Balaban J connectivity index is 2.76. The second-order valence-electron chi connectivity index (χ2n) is 3.12. The minimum Gasteiger partial charge on any atom is -0.377 e. The molecule has 66 valence electrons. The molecule has 0 aliphatic rings. The molecule has 0 radical (unpaired) electrons. The molecule has 2 aromatic heterocycles. The molecule has 3 nitrogen and oxygen atoms in total. The van der Waals surface area contributed by atoms with Gasteiger partial charge in [0.05, 0.1) is 11.7 Å². The molecule has 0 aliphatic carbocycles. The minimum absolute atomic E-state index is 0.939. The first-order valence-corrected chi connectivity index (χ1v) is 4.15. The second kappa shape index (κ2) is 3.01. The number of nitrogens with zero attached hydrogens (tertiary/aromatic N) is 3. The molecule has 0 unspecified atom stereocenters. The van der Waals surface area contributed by atoms with Crippen LogP contribution in [0.3, 0.4) is 0 Å². The maximum absolute atomic E-state index is 4.24. The Bertz CT molecular complexity index is 418. The van der Waals surface area contributed by atoms with Gasteiger partial charge >= 0.3 is 0 Å². The van der Waals surface area contributed by atoms with Crippen molar-refractivity contribution < 1.29 is 0 Å². The van der Waals surface area contributed by atoms with Gasteiger partial charge in [0.1, 0.15) is 0 Å². The highest BCUT2D eigenvalue weighted by atomic mass is 15.1. The topological polar surface area (TPSA) is 29.0 Å². The molecule has 3 heteroatoms. The molecule has 2 heterocycles. The van der Waals surface area contributed by atoms with Crippen LogP contribution in [0.5, 0.6) is 0 Å². The van der Waals surface area contributed by atoms with E-state index < -0.39 is 0 Å². The number of hydrogen-bond acceptors (Lipinski definition) is 3. The second-order valence-corrected chi connectivity index (χ2v) is 3.12. The molecule has 0 atom stereocenters. The summed E-state index contributed by atoms with van der Waals surface area (Å²) in [4.78, 5) is 10.3. The lowest BCUT2D eigenvalue weighted by atomic mass is 10.2. The van der Waals surface area contributed by atoms with E-state index in [9.17, 15) is 0 Å². The Morgan fingerprint density at radius 2 is 2.00 bits per heavy atom. The SMILES string of the molecule is CN(C)c1ccnc2cnccc12. The van der Waals surface area contributed by atoms with E-state index in [1.807, 2.05) is 26.2 Å². The van der Waals surface area contributed by atoms with Crippen LogP contribution in [0.1, 0.15) is 0 Å². The fourth-order valence-corrected chi connectivity index (χ4v) is 1.37. The molecule has 0 aliphatic heterocycles. The van der Waals surface area contributed by atoms with E-state index in [4.69, 9.17) is 0 Å². The average molecular weight is 173 g/mol. The van der Waals surface area contributed by atoms with Crippen molar-refractivity contribution in [1.82, 2.24) is 9.97 Å². The maximum atomic E-state index is 4.24. The van der Waals surface area contributed by atoms with Crippen LogP contribution in [0, 0.1) is 0 Å². The van der Waals surface area contributed by atoms with Crippen LogP contribution >= 0.6 is 0 Å². The third kappa shape index (κ3) is 1.33. The van der Waals surface area contributed by atoms with Crippen molar-refractivity contribution in [3.8, 4) is 0 Å². The first kappa shape index (κ1) is 7.98. The van der Waals surface area contributed by atoms with Gasteiger partial charge < -0.3 is 4.90 Å². The number of hydrogen-bond donors (Lipinski definition) is 0. The summed E-state index contributed by atoms with van der Waals surface area (Å²) in [6.45, 7) is 0. The van der Waals surface area contributed by atoms with Crippen molar-refractivity contribution in [2.45, 2.75) is 0 Å². The van der Waals surface area contributed by atoms with Gasteiger partial charge in [-0.25, -0.2) is 0 Å². The zero-order chi connectivity index (χ0) is 9.26. The quantitative estimate of drug-likeness (QED) is 0.657. The fraction of sp³-hybridized carbons (Fsp3) is 0.200. The molecule has 0 saturated heterocycles. The van der Waals surface area contributed by atoms with E-state index in [-0.39, 0.29) is 0 Å². The highest BCUT2D eigenvalue weighted by Gasteiger charge is 2.01. The molecular formula is C10H11N3. The lowest BCUT2D eigenvalue weighted by molar-refractivity contribution is 1.13. The van der Waals surface area contributed by atoms with Gasteiger partial charge in [-0.3, -0.25) is 9.97 Å². The normalized spacial score (nSPS) is 10.3. The zero-order valence-corrected chi connectivity index (χ0v) is 7.73. The van der Waals surface area contributed by atoms with E-state index in [2.05, 4.69) is 14.9 Å². The number of rotatable bonds is 1. The van der Waals surface area contributed by atoms with Gasteiger partial charge in [0, 0.05) is 37.6 Å². The molecule has 0 spiro atoms. The Kier molecular flexibility index (Phi) is 1.85. The molecule has 0 bridgehead atoms. The van der Waals surface area contributed by atoms with E-state index in [1.165, 1.54) is 5.69 Å². The summed E-state index contributed by atoms with van der Waals surface area (Å²) < 4.78 is 0. The van der Waals surface area contributed by atoms with Gasteiger partial charge in [0.25, 0.3) is 0 Å². The van der Waals surface area contributed by atoms with Gasteiger partial charge in [-0.2, -0.15) is 0 Å². The minimum atomic E-state index is 0.939. The fourth-order valence-electron chi connectivity index (χ4n) is 1.37. The molecule has 13 heavy (non-hydrogen) atoms. The third-order valence-electron chi connectivity index (χ3n) is 2.00. The molecule has 0 aromatic carbocycles. The van der Waals surface area contributed by atoms with Crippen LogP contribution < -0.4 is 4.90 Å². The van der Waals surface area contributed by atoms with E-state index >= 15 is 0 Å². The molecule has 0 saturated carbocycles. The average Bonchev–Trinajstić information content (AvgIpc) is 2.17. The Morgan fingerprint density at radius 1 is 1.15 bits per heavy atom. The number of fused-ring (bicyclic) bond motifs is 1. The summed E-state index contributed by atoms with van der Waals surface area (Å²) in [6, 6.07) is 3.99. The first-order chi connectivity index (χ1) is 6.29.